The van der Waals surface area contributed by atoms with E-state index in [1.54, 1.807) is 0 Å². The van der Waals surface area contributed by atoms with Crippen LogP contribution in [0.1, 0.15) is 5.56 Å². The summed E-state index contributed by atoms with van der Waals surface area (Å²) in [5, 5.41) is 2.09. The monoisotopic (exact) mass is 388 g/mol. The molecule has 1 fully saturated rings. The maximum atomic E-state index is 13.5. The fourth-order valence-corrected chi connectivity index (χ4v) is 2.65. The summed E-state index contributed by atoms with van der Waals surface area (Å²) >= 11 is 0. The van der Waals surface area contributed by atoms with E-state index < -0.39 is 41.2 Å². The quantitative estimate of drug-likeness (QED) is 0.712. The highest BCUT2D eigenvalue weighted by Gasteiger charge is 2.36. The normalized spacial score (nSPS) is 16.4. The molecule has 0 spiro atoms. The number of amides is 3. The third-order valence-corrected chi connectivity index (χ3v) is 3.90. The van der Waals surface area contributed by atoms with Gasteiger partial charge in [-0.1, -0.05) is 0 Å². The number of carbonyl (C=O) groups is 3. The van der Waals surface area contributed by atoms with Gasteiger partial charge in [0.25, 0.3) is 11.8 Å². The van der Waals surface area contributed by atoms with Gasteiger partial charge in [0.1, 0.15) is 6.61 Å². The molecule has 0 radical (unpaired) electrons. The second kappa shape index (κ2) is 7.92. The van der Waals surface area contributed by atoms with Gasteiger partial charge in [-0.2, -0.15) is 13.2 Å². The average molecular weight is 388 g/mol. The van der Waals surface area contributed by atoms with E-state index >= 15 is 0 Å². The van der Waals surface area contributed by atoms with Crippen molar-refractivity contribution in [1.82, 2.24) is 4.90 Å². The number of halogens is 3. The van der Waals surface area contributed by atoms with Crippen LogP contribution in [0.5, 0.6) is 0 Å². The molecule has 0 aromatic heterocycles. The number of primary amides is 1. The van der Waals surface area contributed by atoms with Gasteiger partial charge in [0.2, 0.25) is 5.91 Å². The van der Waals surface area contributed by atoms with Crippen LogP contribution in [-0.4, -0.2) is 62.5 Å². The first-order valence-corrected chi connectivity index (χ1v) is 7.88. The number of nitrogens with zero attached hydrogens (tertiary/aromatic N) is 2. The second-order valence-electron chi connectivity index (χ2n) is 6.08. The summed E-state index contributed by atoms with van der Waals surface area (Å²) in [4.78, 5) is 37.8. The van der Waals surface area contributed by atoms with Crippen LogP contribution in [0.4, 0.5) is 24.5 Å². The number of morpholine rings is 1. The van der Waals surface area contributed by atoms with Crippen LogP contribution in [-0.2, 0) is 25.3 Å². The Kier molecular flexibility index (Phi) is 6.06. The maximum Gasteiger partial charge on any atom is 0.418 e. The van der Waals surface area contributed by atoms with Gasteiger partial charge in [0, 0.05) is 12.2 Å². The number of anilines is 2. The van der Waals surface area contributed by atoms with E-state index in [4.69, 9.17) is 10.5 Å². The van der Waals surface area contributed by atoms with E-state index in [9.17, 15) is 27.6 Å². The highest BCUT2D eigenvalue weighted by atomic mass is 19.4. The Morgan fingerprint density at radius 1 is 1.33 bits per heavy atom. The summed E-state index contributed by atoms with van der Waals surface area (Å²) in [6.07, 6.45) is -4.80. The maximum absolute atomic E-state index is 13.5. The van der Waals surface area contributed by atoms with Gasteiger partial charge >= 0.3 is 6.18 Å². The predicted octanol–water partition coefficient (Wildman–Crippen LogP) is 0.423. The van der Waals surface area contributed by atoms with Crippen molar-refractivity contribution in [2.75, 3.05) is 44.1 Å². The summed E-state index contributed by atoms with van der Waals surface area (Å²) in [6, 6.07) is 1.65. The van der Waals surface area contributed by atoms with E-state index in [0.29, 0.717) is 0 Å². The van der Waals surface area contributed by atoms with Crippen LogP contribution in [0.25, 0.3) is 0 Å². The number of benzene rings is 1. The molecule has 0 saturated carbocycles. The Morgan fingerprint density at radius 2 is 2.00 bits per heavy atom. The molecule has 1 saturated heterocycles. The summed E-state index contributed by atoms with van der Waals surface area (Å²) < 4.78 is 45.4. The van der Waals surface area contributed by atoms with Gasteiger partial charge in [0.15, 0.2) is 6.04 Å². The van der Waals surface area contributed by atoms with Gasteiger partial charge in [0.05, 0.1) is 17.9 Å². The number of rotatable bonds is 5. The number of alkyl halides is 3. The molecule has 1 aliphatic rings. The van der Waals surface area contributed by atoms with E-state index in [2.05, 4.69) is 5.32 Å². The summed E-state index contributed by atoms with van der Waals surface area (Å²) in [5.74, 6) is -2.46. The zero-order valence-corrected chi connectivity index (χ0v) is 14.7. The molecule has 2 rings (SSSR count). The fourth-order valence-electron chi connectivity index (χ4n) is 2.65. The van der Waals surface area contributed by atoms with Crippen molar-refractivity contribution < 1.29 is 32.3 Å². The Bertz CT molecular complexity index is 752. The Morgan fingerprint density at radius 3 is 2.52 bits per heavy atom. The molecule has 1 aromatic carbocycles. The van der Waals surface area contributed by atoms with Crippen LogP contribution >= 0.6 is 0 Å². The van der Waals surface area contributed by atoms with Gasteiger partial charge in [-0.05, 0) is 32.3 Å². The Hall–Kier alpha value is -2.66. The average Bonchev–Trinajstić information content (AvgIpc) is 2.54. The molecular formula is C16H19F3N4O4. The summed E-state index contributed by atoms with van der Waals surface area (Å²) in [6.45, 7) is 0.101. The lowest BCUT2D eigenvalue weighted by Gasteiger charge is -2.28. The van der Waals surface area contributed by atoms with Crippen molar-refractivity contribution >= 4 is 29.1 Å². The van der Waals surface area contributed by atoms with E-state index in [-0.39, 0.29) is 25.4 Å². The molecule has 1 aromatic rings. The lowest BCUT2D eigenvalue weighted by molar-refractivity contribution is -0.137. The van der Waals surface area contributed by atoms with Gasteiger partial charge in [-0.25, -0.2) is 0 Å². The van der Waals surface area contributed by atoms with Crippen molar-refractivity contribution in [3.63, 3.8) is 0 Å². The topological polar surface area (TPSA) is 105 Å². The zero-order chi connectivity index (χ0) is 20.4. The predicted molar refractivity (Wildman–Crippen MR) is 89.9 cm³/mol. The summed E-state index contributed by atoms with van der Waals surface area (Å²) in [5.41, 5.74) is 3.49. The number of nitrogens with one attached hydrogen (secondary N) is 1. The molecular weight excluding hydrogens is 369 g/mol. The number of hydrogen-bond donors (Lipinski definition) is 2. The lowest BCUT2D eigenvalue weighted by atomic mass is 10.1. The molecule has 3 amide bonds. The van der Waals surface area contributed by atoms with E-state index in [1.165, 1.54) is 30.0 Å². The molecule has 3 N–H and O–H groups in total. The van der Waals surface area contributed by atoms with Gasteiger partial charge in [-0.3, -0.25) is 19.3 Å². The molecule has 8 nitrogen and oxygen atoms in total. The first-order valence-electron chi connectivity index (χ1n) is 7.88. The van der Waals surface area contributed by atoms with Crippen molar-refractivity contribution in [1.29, 1.82) is 0 Å². The van der Waals surface area contributed by atoms with Gasteiger partial charge in [-0.15, -0.1) is 0 Å². The molecule has 27 heavy (non-hydrogen) atoms. The largest absolute Gasteiger partial charge is 0.418 e. The summed E-state index contributed by atoms with van der Waals surface area (Å²) in [7, 11) is 2.79. The van der Waals surface area contributed by atoms with Crippen molar-refractivity contribution in [2.45, 2.75) is 12.2 Å². The minimum absolute atomic E-state index is 0.0349. The number of hydrogen-bond acceptors (Lipinski definition) is 5. The minimum Gasteiger partial charge on any atom is -0.370 e. The second-order valence-corrected chi connectivity index (χ2v) is 6.08. The van der Waals surface area contributed by atoms with Crippen LogP contribution in [0.2, 0.25) is 0 Å². The first kappa shape index (κ1) is 20.6. The molecule has 1 aliphatic heterocycles. The number of nitrogens with two attached hydrogens (primary N) is 1. The highest BCUT2D eigenvalue weighted by molar-refractivity contribution is 6.10. The number of likely N-dealkylation sites (N-methyl/N-ethyl adjacent to an activating group) is 1. The molecule has 0 bridgehead atoms. The van der Waals surface area contributed by atoms with Crippen molar-refractivity contribution in [3.05, 3.63) is 23.8 Å². The Labute approximate surface area is 153 Å². The SMILES string of the molecule is CN(C)[C@@H](C(N)=O)C(=O)Nc1ccc(N2CCOCC2=O)cc1C(F)(F)F. The van der Waals surface area contributed by atoms with Crippen LogP contribution in [0.15, 0.2) is 18.2 Å². The van der Waals surface area contributed by atoms with Crippen LogP contribution < -0.4 is 16.0 Å². The highest BCUT2D eigenvalue weighted by Crippen LogP contribution is 2.37. The molecule has 0 aliphatic carbocycles. The number of carbonyl (C=O) groups excluding carboxylic acids is 3. The third kappa shape index (κ3) is 4.74. The standard InChI is InChI=1S/C16H19F3N4O4/c1-22(2)13(14(20)25)15(26)21-11-4-3-9(7-10(11)16(17,18)19)23-5-6-27-8-12(23)24/h3-4,7,13H,5-6,8H2,1-2H3,(H2,20,25)(H,21,26)/t13-/m0/s1. The minimum atomic E-state index is -4.80. The molecule has 1 atom stereocenters. The Balaban J connectivity index is 2.38. The van der Waals surface area contributed by atoms with E-state index in [1.807, 2.05) is 0 Å². The fraction of sp³-hybridized carbons (Fsp3) is 0.438. The lowest BCUT2D eigenvalue weighted by Crippen LogP contribution is -2.49. The molecule has 11 heteroatoms. The third-order valence-electron chi connectivity index (χ3n) is 3.90. The molecule has 0 unspecified atom stereocenters. The molecule has 1 heterocycles. The van der Waals surface area contributed by atoms with Crippen LogP contribution in [0, 0.1) is 0 Å². The first-order chi connectivity index (χ1) is 12.5. The van der Waals surface area contributed by atoms with Crippen molar-refractivity contribution in [2.24, 2.45) is 5.73 Å². The van der Waals surface area contributed by atoms with E-state index in [0.717, 1.165) is 12.1 Å². The number of ether oxygens (including phenoxy) is 1. The van der Waals surface area contributed by atoms with Crippen LogP contribution in [0.3, 0.4) is 0 Å². The van der Waals surface area contributed by atoms with Gasteiger partial charge < -0.3 is 20.7 Å². The smallest absolute Gasteiger partial charge is 0.370 e. The zero-order valence-electron chi connectivity index (χ0n) is 14.7. The molecule has 148 valence electrons. The van der Waals surface area contributed by atoms with Crippen molar-refractivity contribution in [3.8, 4) is 0 Å².